The summed E-state index contributed by atoms with van der Waals surface area (Å²) in [5.74, 6) is 0.123. The number of sulfonamides is 1. The molecule has 3 N–H and O–H groups in total. The number of hydrogen-bond donors (Lipinski definition) is 2. The van der Waals surface area contributed by atoms with Gasteiger partial charge in [-0.3, -0.25) is 0 Å². The average molecular weight is 303 g/mol. The molecule has 102 valence electrons. The van der Waals surface area contributed by atoms with Crippen molar-refractivity contribution in [2.75, 3.05) is 10.5 Å². The number of anilines is 2. The summed E-state index contributed by atoms with van der Waals surface area (Å²) in [4.78, 5) is 3.58. The van der Waals surface area contributed by atoms with Crippen LogP contribution in [0.15, 0.2) is 21.7 Å². The van der Waals surface area contributed by atoms with Crippen LogP contribution in [-0.2, 0) is 10.0 Å². The van der Waals surface area contributed by atoms with Gasteiger partial charge in [0, 0.05) is 11.8 Å². The lowest BCUT2D eigenvalue weighted by molar-refractivity contribution is 0.430. The highest BCUT2D eigenvalue weighted by Crippen LogP contribution is 2.24. The van der Waals surface area contributed by atoms with Gasteiger partial charge in [0.05, 0.1) is 10.7 Å². The molecule has 0 radical (unpaired) electrons. The van der Waals surface area contributed by atoms with Crippen LogP contribution < -0.4 is 10.5 Å². The lowest BCUT2D eigenvalue weighted by atomic mass is 10.3. The minimum Gasteiger partial charge on any atom is -0.382 e. The second kappa shape index (κ2) is 4.71. The lowest BCUT2D eigenvalue weighted by Crippen LogP contribution is -2.13. The Morgan fingerprint density at radius 2 is 2.11 bits per heavy atom. The fraction of sp³-hybridized carbons (Fsp3) is 0.200. The first-order chi connectivity index (χ1) is 8.81. The minimum absolute atomic E-state index is 0.0606. The molecule has 19 heavy (non-hydrogen) atoms. The minimum atomic E-state index is -3.85. The SMILES string of the molecule is Cc1noc(NS(=O)(=O)c2cnc(N)c(Cl)c2)c1C. The third-order valence-electron chi connectivity index (χ3n) is 2.54. The fourth-order valence-electron chi connectivity index (χ4n) is 1.27. The molecule has 2 aromatic rings. The van der Waals surface area contributed by atoms with E-state index in [1.165, 1.54) is 6.07 Å². The third-order valence-corrected chi connectivity index (χ3v) is 4.14. The number of nitrogens with zero attached hydrogens (tertiary/aromatic N) is 2. The van der Waals surface area contributed by atoms with Gasteiger partial charge in [-0.2, -0.15) is 0 Å². The van der Waals surface area contributed by atoms with Crippen LogP contribution in [0.1, 0.15) is 11.3 Å². The van der Waals surface area contributed by atoms with E-state index >= 15 is 0 Å². The summed E-state index contributed by atoms with van der Waals surface area (Å²) in [5, 5.41) is 3.73. The second-order valence-electron chi connectivity index (χ2n) is 3.87. The summed E-state index contributed by atoms with van der Waals surface area (Å²) in [7, 11) is -3.85. The number of hydrogen-bond acceptors (Lipinski definition) is 6. The average Bonchev–Trinajstić information content (AvgIpc) is 2.64. The van der Waals surface area contributed by atoms with Crippen molar-refractivity contribution in [1.29, 1.82) is 0 Å². The zero-order valence-corrected chi connectivity index (χ0v) is 11.7. The molecule has 0 spiro atoms. The monoisotopic (exact) mass is 302 g/mol. The molecule has 0 saturated heterocycles. The van der Waals surface area contributed by atoms with E-state index in [9.17, 15) is 8.42 Å². The largest absolute Gasteiger partial charge is 0.382 e. The highest BCUT2D eigenvalue weighted by atomic mass is 35.5. The molecule has 0 unspecified atom stereocenters. The van der Waals surface area contributed by atoms with Gasteiger partial charge in [0.15, 0.2) is 0 Å². The standard InChI is InChI=1S/C10H11ClN4O3S/c1-5-6(2)14-18-10(5)15-19(16,17)7-3-8(11)9(12)13-4-7/h3-4,15H,1-2H3,(H2,12,13). The van der Waals surface area contributed by atoms with Gasteiger partial charge >= 0.3 is 0 Å². The van der Waals surface area contributed by atoms with E-state index in [0.717, 1.165) is 6.20 Å². The second-order valence-corrected chi connectivity index (χ2v) is 5.96. The predicted molar refractivity (Wildman–Crippen MR) is 70.4 cm³/mol. The molecule has 0 bridgehead atoms. The maximum Gasteiger partial charge on any atom is 0.265 e. The molecule has 2 heterocycles. The molecular formula is C10H11ClN4O3S. The van der Waals surface area contributed by atoms with Crippen LogP contribution in [0.25, 0.3) is 0 Å². The molecule has 0 aliphatic carbocycles. The molecule has 0 saturated carbocycles. The molecular weight excluding hydrogens is 292 g/mol. The van der Waals surface area contributed by atoms with Crippen molar-refractivity contribution in [3.05, 3.63) is 28.5 Å². The van der Waals surface area contributed by atoms with Crippen molar-refractivity contribution in [3.8, 4) is 0 Å². The van der Waals surface area contributed by atoms with Crippen LogP contribution in [0.4, 0.5) is 11.7 Å². The van der Waals surface area contributed by atoms with E-state index in [1.807, 2.05) is 0 Å². The lowest BCUT2D eigenvalue weighted by Gasteiger charge is -2.06. The molecule has 0 aliphatic rings. The highest BCUT2D eigenvalue weighted by molar-refractivity contribution is 7.92. The number of nitrogens with one attached hydrogen (secondary N) is 1. The van der Waals surface area contributed by atoms with E-state index in [2.05, 4.69) is 14.9 Å². The zero-order valence-electron chi connectivity index (χ0n) is 10.1. The first-order valence-corrected chi connectivity index (χ1v) is 7.04. The Bertz CT molecular complexity index is 726. The summed E-state index contributed by atoms with van der Waals surface area (Å²) in [6, 6.07) is 1.21. The van der Waals surface area contributed by atoms with Gasteiger partial charge in [0.1, 0.15) is 10.7 Å². The molecule has 0 aliphatic heterocycles. The molecule has 9 heteroatoms. The first kappa shape index (κ1) is 13.6. The van der Waals surface area contributed by atoms with Gasteiger partial charge in [0.2, 0.25) is 5.88 Å². The molecule has 0 fully saturated rings. The van der Waals surface area contributed by atoms with Crippen molar-refractivity contribution in [2.45, 2.75) is 18.7 Å². The Morgan fingerprint density at radius 3 is 2.63 bits per heavy atom. The van der Waals surface area contributed by atoms with E-state index < -0.39 is 10.0 Å². The van der Waals surface area contributed by atoms with Crippen LogP contribution in [0, 0.1) is 13.8 Å². The number of halogens is 1. The quantitative estimate of drug-likeness (QED) is 0.893. The van der Waals surface area contributed by atoms with Gasteiger partial charge in [-0.15, -0.1) is 0 Å². The van der Waals surface area contributed by atoms with Gasteiger partial charge in [0.25, 0.3) is 10.0 Å². The molecule has 0 amide bonds. The number of nitrogens with two attached hydrogens (primary N) is 1. The van der Waals surface area contributed by atoms with Crippen molar-refractivity contribution in [2.24, 2.45) is 0 Å². The molecule has 0 atom stereocenters. The normalized spacial score (nSPS) is 11.5. The van der Waals surface area contributed by atoms with Gasteiger partial charge in [-0.05, 0) is 19.9 Å². The summed E-state index contributed by atoms with van der Waals surface area (Å²) in [6.45, 7) is 3.40. The van der Waals surface area contributed by atoms with Crippen molar-refractivity contribution in [1.82, 2.24) is 10.1 Å². The number of aromatic nitrogens is 2. The Balaban J connectivity index is 2.37. The Morgan fingerprint density at radius 1 is 1.42 bits per heavy atom. The van der Waals surface area contributed by atoms with E-state index in [0.29, 0.717) is 11.3 Å². The topological polar surface area (TPSA) is 111 Å². The zero-order chi connectivity index (χ0) is 14.2. The number of aryl methyl sites for hydroxylation is 1. The van der Waals surface area contributed by atoms with Crippen LogP contribution in [0.3, 0.4) is 0 Å². The fourth-order valence-corrected chi connectivity index (χ4v) is 2.52. The maximum absolute atomic E-state index is 12.1. The summed E-state index contributed by atoms with van der Waals surface area (Å²) in [6.07, 6.45) is 1.11. The molecule has 0 aromatic carbocycles. The summed E-state index contributed by atoms with van der Waals surface area (Å²) >= 11 is 5.74. The predicted octanol–water partition coefficient (Wildman–Crippen LogP) is 1.72. The Kier molecular flexibility index (Phi) is 3.38. The smallest absolute Gasteiger partial charge is 0.265 e. The summed E-state index contributed by atoms with van der Waals surface area (Å²) in [5.41, 5.74) is 6.64. The van der Waals surface area contributed by atoms with Crippen molar-refractivity contribution >= 4 is 33.3 Å². The third kappa shape index (κ3) is 2.64. The number of nitrogen functional groups attached to an aromatic ring is 1. The van der Waals surface area contributed by atoms with Gasteiger partial charge in [-0.25, -0.2) is 18.1 Å². The Hall–Kier alpha value is -1.80. The van der Waals surface area contributed by atoms with Crippen molar-refractivity contribution in [3.63, 3.8) is 0 Å². The van der Waals surface area contributed by atoms with Crippen LogP contribution in [0.2, 0.25) is 5.02 Å². The number of pyridine rings is 1. The van der Waals surface area contributed by atoms with Crippen molar-refractivity contribution < 1.29 is 12.9 Å². The van der Waals surface area contributed by atoms with Gasteiger partial charge in [-0.1, -0.05) is 16.8 Å². The highest BCUT2D eigenvalue weighted by Gasteiger charge is 2.20. The van der Waals surface area contributed by atoms with Crippen LogP contribution in [0.5, 0.6) is 0 Å². The maximum atomic E-state index is 12.1. The summed E-state index contributed by atoms with van der Waals surface area (Å²) < 4.78 is 31.3. The Labute approximate surface area is 114 Å². The van der Waals surface area contributed by atoms with E-state index in [-0.39, 0.29) is 21.6 Å². The van der Waals surface area contributed by atoms with Gasteiger partial charge < -0.3 is 10.3 Å². The molecule has 7 nitrogen and oxygen atoms in total. The first-order valence-electron chi connectivity index (χ1n) is 5.18. The number of rotatable bonds is 3. The van der Waals surface area contributed by atoms with E-state index in [1.54, 1.807) is 13.8 Å². The van der Waals surface area contributed by atoms with E-state index in [4.69, 9.17) is 21.9 Å². The van der Waals surface area contributed by atoms with Crippen LogP contribution >= 0.6 is 11.6 Å². The van der Waals surface area contributed by atoms with Crippen LogP contribution in [-0.4, -0.2) is 18.6 Å². The molecule has 2 aromatic heterocycles. The molecule has 2 rings (SSSR count).